The molecule has 2 heterocycles. The minimum Gasteiger partial charge on any atom is -0.370 e. The molecule has 3 N–H and O–H groups in total. The van der Waals surface area contributed by atoms with E-state index >= 15 is 0 Å². The number of guanidine groups is 1. The number of aromatic nitrogens is 1. The van der Waals surface area contributed by atoms with Gasteiger partial charge in [0.25, 0.3) is 0 Å². The summed E-state index contributed by atoms with van der Waals surface area (Å²) < 4.78 is 0. The Balaban J connectivity index is 1.51. The number of piperazine rings is 1. The number of hydrogen-bond donors (Lipinski definition) is 2. The molecule has 132 valence electrons. The summed E-state index contributed by atoms with van der Waals surface area (Å²) in [6, 6.07) is 4.17. The summed E-state index contributed by atoms with van der Waals surface area (Å²) in [6.07, 6.45) is 5.87. The van der Waals surface area contributed by atoms with E-state index < -0.39 is 0 Å². The van der Waals surface area contributed by atoms with E-state index in [9.17, 15) is 0 Å². The van der Waals surface area contributed by atoms with E-state index in [4.69, 9.17) is 5.73 Å². The predicted molar refractivity (Wildman–Crippen MR) is 99.2 cm³/mol. The van der Waals surface area contributed by atoms with Gasteiger partial charge in [-0.2, -0.15) is 0 Å². The normalized spacial score (nSPS) is 20.0. The van der Waals surface area contributed by atoms with Gasteiger partial charge in [-0.05, 0) is 43.0 Å². The third-order valence-corrected chi connectivity index (χ3v) is 5.18. The van der Waals surface area contributed by atoms with Crippen LogP contribution in [0.4, 0.5) is 5.82 Å². The van der Waals surface area contributed by atoms with E-state index in [1.165, 1.54) is 19.3 Å². The van der Waals surface area contributed by atoms with E-state index in [-0.39, 0.29) is 0 Å². The molecule has 0 spiro atoms. The molecule has 6 heteroatoms. The topological polar surface area (TPSA) is 69.8 Å². The summed E-state index contributed by atoms with van der Waals surface area (Å²) in [7, 11) is 0. The first kappa shape index (κ1) is 17.0. The largest absolute Gasteiger partial charge is 0.370 e. The zero-order chi connectivity index (χ0) is 16.8. The van der Waals surface area contributed by atoms with Crippen LogP contribution in [0.5, 0.6) is 0 Å². The highest BCUT2D eigenvalue weighted by Gasteiger charge is 2.17. The molecule has 24 heavy (non-hydrogen) atoms. The standard InChI is InChI=1S/C18H30N6/c1-2-23-8-10-24(11-9-23)17-12-16(6-7-20-17)14-22-18(19)21-13-15-4-3-5-15/h6-7,12,15H,2-5,8-11,13-14H2,1H3,(H3,19,21,22). The van der Waals surface area contributed by atoms with Crippen LogP contribution in [0.3, 0.4) is 0 Å². The molecule has 2 aliphatic rings. The fourth-order valence-corrected chi connectivity index (χ4v) is 3.20. The average molecular weight is 330 g/mol. The summed E-state index contributed by atoms with van der Waals surface area (Å²) in [5.74, 6) is 2.39. The van der Waals surface area contributed by atoms with Crippen LogP contribution in [0.2, 0.25) is 0 Å². The molecule has 0 bridgehead atoms. The Bertz CT molecular complexity index is 546. The fraction of sp³-hybridized carbons (Fsp3) is 0.667. The molecule has 0 atom stereocenters. The number of anilines is 1. The maximum absolute atomic E-state index is 5.97. The van der Waals surface area contributed by atoms with Gasteiger partial charge < -0.3 is 20.9 Å². The summed E-state index contributed by atoms with van der Waals surface area (Å²) in [4.78, 5) is 13.8. The summed E-state index contributed by atoms with van der Waals surface area (Å²) in [5.41, 5.74) is 7.13. The van der Waals surface area contributed by atoms with Crippen molar-refractivity contribution in [1.29, 1.82) is 0 Å². The molecule has 6 nitrogen and oxygen atoms in total. The molecule has 0 aromatic carbocycles. The van der Waals surface area contributed by atoms with Gasteiger partial charge in [-0.25, -0.2) is 9.98 Å². The number of pyridine rings is 1. The van der Waals surface area contributed by atoms with Gasteiger partial charge in [-0.15, -0.1) is 0 Å². The lowest BCUT2D eigenvalue weighted by Gasteiger charge is -2.34. The van der Waals surface area contributed by atoms with Crippen LogP contribution >= 0.6 is 0 Å². The van der Waals surface area contributed by atoms with Crippen molar-refractivity contribution < 1.29 is 0 Å². The highest BCUT2D eigenvalue weighted by atomic mass is 15.3. The Hall–Kier alpha value is -1.82. The third kappa shape index (κ3) is 4.60. The summed E-state index contributed by atoms with van der Waals surface area (Å²) >= 11 is 0. The Morgan fingerprint density at radius 1 is 1.33 bits per heavy atom. The number of nitrogens with two attached hydrogens (primary N) is 1. The lowest BCUT2D eigenvalue weighted by molar-refractivity contribution is 0.270. The smallest absolute Gasteiger partial charge is 0.188 e. The van der Waals surface area contributed by atoms with Crippen LogP contribution < -0.4 is 16.0 Å². The number of likely N-dealkylation sites (N-methyl/N-ethyl adjacent to an activating group) is 1. The number of nitrogens with one attached hydrogen (secondary N) is 1. The van der Waals surface area contributed by atoms with E-state index in [1.807, 2.05) is 12.3 Å². The van der Waals surface area contributed by atoms with E-state index in [0.717, 1.165) is 56.6 Å². The number of aliphatic imine (C=N–C) groups is 1. The second kappa shape index (κ2) is 8.33. The van der Waals surface area contributed by atoms with Crippen molar-refractivity contribution in [3.05, 3.63) is 23.9 Å². The van der Waals surface area contributed by atoms with Gasteiger partial charge in [0.1, 0.15) is 5.82 Å². The lowest BCUT2D eigenvalue weighted by atomic mass is 9.85. The second-order valence-electron chi connectivity index (χ2n) is 6.82. The maximum Gasteiger partial charge on any atom is 0.188 e. The van der Waals surface area contributed by atoms with Crippen molar-refractivity contribution in [2.24, 2.45) is 16.6 Å². The van der Waals surface area contributed by atoms with Gasteiger partial charge in [0.05, 0.1) is 6.54 Å². The molecule has 0 radical (unpaired) electrons. The van der Waals surface area contributed by atoms with Gasteiger partial charge in [0.15, 0.2) is 5.96 Å². The second-order valence-corrected chi connectivity index (χ2v) is 6.82. The predicted octanol–water partition coefficient (Wildman–Crippen LogP) is 1.43. The highest BCUT2D eigenvalue weighted by molar-refractivity contribution is 5.77. The first-order chi connectivity index (χ1) is 11.7. The number of nitrogens with zero attached hydrogens (tertiary/aromatic N) is 4. The maximum atomic E-state index is 5.97. The average Bonchev–Trinajstić information content (AvgIpc) is 2.59. The molecule has 3 rings (SSSR count). The van der Waals surface area contributed by atoms with Gasteiger partial charge in [-0.3, -0.25) is 0 Å². The molecule has 1 aliphatic heterocycles. The van der Waals surface area contributed by atoms with E-state index in [1.54, 1.807) is 0 Å². The quantitative estimate of drug-likeness (QED) is 0.610. The van der Waals surface area contributed by atoms with Crippen molar-refractivity contribution in [3.63, 3.8) is 0 Å². The number of hydrogen-bond acceptors (Lipinski definition) is 4. The third-order valence-electron chi connectivity index (χ3n) is 5.18. The zero-order valence-electron chi connectivity index (χ0n) is 14.7. The van der Waals surface area contributed by atoms with Crippen LogP contribution in [0, 0.1) is 5.92 Å². The summed E-state index contributed by atoms with van der Waals surface area (Å²) in [5, 5.41) is 3.24. The molecule has 0 amide bonds. The number of rotatable bonds is 6. The molecular weight excluding hydrogens is 300 g/mol. The van der Waals surface area contributed by atoms with Crippen molar-refractivity contribution in [3.8, 4) is 0 Å². The fourth-order valence-electron chi connectivity index (χ4n) is 3.20. The SMILES string of the molecule is CCN1CCN(c2cc(CN=C(N)NCC3CCC3)ccn2)CC1. The Kier molecular flexibility index (Phi) is 5.91. The Labute approximate surface area is 145 Å². The van der Waals surface area contributed by atoms with Gasteiger partial charge in [0, 0.05) is 38.9 Å². The van der Waals surface area contributed by atoms with Crippen molar-refractivity contribution >= 4 is 11.8 Å². The van der Waals surface area contributed by atoms with Gasteiger partial charge in [0.2, 0.25) is 0 Å². The van der Waals surface area contributed by atoms with Crippen LogP contribution in [-0.2, 0) is 6.54 Å². The molecule has 1 saturated carbocycles. The minimum atomic E-state index is 0.553. The van der Waals surface area contributed by atoms with Crippen LogP contribution in [-0.4, -0.2) is 55.1 Å². The van der Waals surface area contributed by atoms with Crippen molar-refractivity contribution in [2.75, 3.05) is 44.2 Å². The van der Waals surface area contributed by atoms with Crippen LogP contribution in [0.25, 0.3) is 0 Å². The first-order valence-electron chi connectivity index (χ1n) is 9.20. The van der Waals surface area contributed by atoms with E-state index in [2.05, 4.69) is 38.1 Å². The van der Waals surface area contributed by atoms with Crippen molar-refractivity contribution in [1.82, 2.24) is 15.2 Å². The molecule has 1 aromatic rings. The molecule has 2 fully saturated rings. The van der Waals surface area contributed by atoms with Gasteiger partial charge in [-0.1, -0.05) is 13.3 Å². The van der Waals surface area contributed by atoms with Gasteiger partial charge >= 0.3 is 0 Å². The monoisotopic (exact) mass is 330 g/mol. The molecule has 0 unspecified atom stereocenters. The van der Waals surface area contributed by atoms with Crippen LogP contribution in [0.15, 0.2) is 23.3 Å². The Morgan fingerprint density at radius 3 is 2.79 bits per heavy atom. The van der Waals surface area contributed by atoms with Crippen LogP contribution in [0.1, 0.15) is 31.7 Å². The van der Waals surface area contributed by atoms with Crippen molar-refractivity contribution in [2.45, 2.75) is 32.7 Å². The zero-order valence-corrected chi connectivity index (χ0v) is 14.7. The summed E-state index contributed by atoms with van der Waals surface area (Å²) in [6.45, 7) is 9.21. The first-order valence-corrected chi connectivity index (χ1v) is 9.20. The Morgan fingerprint density at radius 2 is 2.12 bits per heavy atom. The minimum absolute atomic E-state index is 0.553. The lowest BCUT2D eigenvalue weighted by Crippen LogP contribution is -2.46. The molecule has 1 aromatic heterocycles. The highest BCUT2D eigenvalue weighted by Crippen LogP contribution is 2.25. The molecule has 1 saturated heterocycles. The molecular formula is C18H30N6. The molecule has 1 aliphatic carbocycles. The van der Waals surface area contributed by atoms with E-state index in [0.29, 0.717) is 12.5 Å².